The fraction of sp³-hybridized carbons (Fsp3) is 0.0526. The second-order valence-electron chi connectivity index (χ2n) is 5.27. The van der Waals surface area contributed by atoms with Gasteiger partial charge in [0.05, 0.1) is 12.5 Å². The Kier molecular flexibility index (Phi) is 3.59. The number of aromatic nitrogens is 2. The fourth-order valence-corrected chi connectivity index (χ4v) is 2.51. The number of para-hydroxylation sites is 1. The van der Waals surface area contributed by atoms with Gasteiger partial charge in [-0.1, -0.05) is 18.2 Å². The van der Waals surface area contributed by atoms with Crippen molar-refractivity contribution in [2.24, 2.45) is 0 Å². The van der Waals surface area contributed by atoms with Crippen molar-refractivity contribution in [1.82, 2.24) is 9.97 Å². The van der Waals surface area contributed by atoms with Crippen LogP contribution in [-0.2, 0) is 0 Å². The summed E-state index contributed by atoms with van der Waals surface area (Å²) >= 11 is 0. The van der Waals surface area contributed by atoms with Gasteiger partial charge in [-0.15, -0.1) is 0 Å². The van der Waals surface area contributed by atoms with Crippen molar-refractivity contribution >= 4 is 22.6 Å². The molecule has 0 radical (unpaired) electrons. The molecular weight excluding hydrogens is 302 g/mol. The number of methoxy groups -OCH3 is 1. The van der Waals surface area contributed by atoms with Crippen LogP contribution in [0.4, 0.5) is 11.5 Å². The van der Waals surface area contributed by atoms with Crippen LogP contribution in [0.3, 0.4) is 0 Å². The van der Waals surface area contributed by atoms with Gasteiger partial charge < -0.3 is 14.5 Å². The van der Waals surface area contributed by atoms with Crippen LogP contribution in [0.25, 0.3) is 22.4 Å². The molecule has 0 bridgehead atoms. The number of benzene rings is 2. The van der Waals surface area contributed by atoms with E-state index in [9.17, 15) is 0 Å². The number of furan rings is 1. The molecule has 0 fully saturated rings. The second kappa shape index (κ2) is 6.04. The minimum atomic E-state index is 0.550. The van der Waals surface area contributed by atoms with Crippen molar-refractivity contribution < 1.29 is 9.15 Å². The van der Waals surface area contributed by atoms with Crippen LogP contribution in [0, 0.1) is 0 Å². The Morgan fingerprint density at radius 2 is 1.75 bits per heavy atom. The minimum absolute atomic E-state index is 0.550. The number of nitrogens with zero attached hydrogens (tertiary/aromatic N) is 2. The zero-order valence-electron chi connectivity index (χ0n) is 13.1. The minimum Gasteiger partial charge on any atom is -0.497 e. The molecule has 0 atom stereocenters. The smallest absolute Gasteiger partial charge is 0.231 e. The van der Waals surface area contributed by atoms with Crippen LogP contribution in [0.2, 0.25) is 0 Å². The van der Waals surface area contributed by atoms with Gasteiger partial charge in [0.1, 0.15) is 23.7 Å². The van der Waals surface area contributed by atoms with Crippen LogP contribution in [-0.4, -0.2) is 17.1 Å². The summed E-state index contributed by atoms with van der Waals surface area (Å²) in [4.78, 5) is 8.56. The third-order valence-electron chi connectivity index (χ3n) is 3.74. The maximum Gasteiger partial charge on any atom is 0.231 e. The molecule has 1 N–H and O–H groups in total. The summed E-state index contributed by atoms with van der Waals surface area (Å²) < 4.78 is 11.1. The Bertz CT molecular complexity index is 963. The number of fused-ring (bicyclic) bond motifs is 1. The van der Waals surface area contributed by atoms with Gasteiger partial charge in [0, 0.05) is 11.3 Å². The zero-order chi connectivity index (χ0) is 16.4. The Balaban J connectivity index is 1.73. The van der Waals surface area contributed by atoms with Crippen molar-refractivity contribution in [2.45, 2.75) is 0 Å². The quantitative estimate of drug-likeness (QED) is 0.594. The van der Waals surface area contributed by atoms with Crippen molar-refractivity contribution in [3.8, 4) is 17.1 Å². The number of hydrogen-bond acceptors (Lipinski definition) is 5. The van der Waals surface area contributed by atoms with Gasteiger partial charge in [-0.3, -0.25) is 0 Å². The van der Waals surface area contributed by atoms with E-state index in [2.05, 4.69) is 15.3 Å². The average Bonchev–Trinajstić information content (AvgIpc) is 3.08. The molecule has 2 heterocycles. The number of rotatable bonds is 4. The predicted molar refractivity (Wildman–Crippen MR) is 93.5 cm³/mol. The van der Waals surface area contributed by atoms with Crippen molar-refractivity contribution in [3.63, 3.8) is 0 Å². The standard InChI is InChI=1S/C19H15N3O2/c1-23-15-9-7-13(8-10-15)17-11-16-18(20-12-21-19(16)24-17)22-14-5-3-2-4-6-14/h2-12H,1H3,(H,20,21,22). The molecule has 0 aliphatic heterocycles. The molecule has 5 heteroatoms. The van der Waals surface area contributed by atoms with E-state index in [1.165, 1.54) is 6.33 Å². The third kappa shape index (κ3) is 2.67. The lowest BCUT2D eigenvalue weighted by atomic mass is 10.1. The number of nitrogens with one attached hydrogen (secondary N) is 1. The highest BCUT2D eigenvalue weighted by molar-refractivity contribution is 5.90. The maximum atomic E-state index is 5.87. The topological polar surface area (TPSA) is 60.2 Å². The first kappa shape index (κ1) is 14.3. The molecule has 2 aromatic heterocycles. The molecule has 0 unspecified atom stereocenters. The Labute approximate surface area is 138 Å². The molecule has 24 heavy (non-hydrogen) atoms. The maximum absolute atomic E-state index is 5.87. The first-order chi connectivity index (χ1) is 11.8. The summed E-state index contributed by atoms with van der Waals surface area (Å²) in [5.74, 6) is 2.26. The molecule has 0 spiro atoms. The zero-order valence-corrected chi connectivity index (χ0v) is 13.1. The molecule has 0 saturated heterocycles. The van der Waals surface area contributed by atoms with E-state index in [4.69, 9.17) is 9.15 Å². The van der Waals surface area contributed by atoms with Gasteiger partial charge in [-0.2, -0.15) is 0 Å². The first-order valence-electron chi connectivity index (χ1n) is 7.54. The lowest BCUT2D eigenvalue weighted by Crippen LogP contribution is -1.94. The van der Waals surface area contributed by atoms with E-state index in [1.807, 2.05) is 60.7 Å². The van der Waals surface area contributed by atoms with E-state index in [0.717, 1.165) is 34.0 Å². The van der Waals surface area contributed by atoms with Crippen LogP contribution in [0.5, 0.6) is 5.75 Å². The van der Waals surface area contributed by atoms with Gasteiger partial charge in [0.2, 0.25) is 5.71 Å². The molecule has 0 amide bonds. The third-order valence-corrected chi connectivity index (χ3v) is 3.74. The largest absolute Gasteiger partial charge is 0.497 e. The van der Waals surface area contributed by atoms with Gasteiger partial charge in [0.25, 0.3) is 0 Å². The van der Waals surface area contributed by atoms with Crippen LogP contribution in [0.1, 0.15) is 0 Å². The number of anilines is 2. The summed E-state index contributed by atoms with van der Waals surface area (Å²) in [7, 11) is 1.65. The lowest BCUT2D eigenvalue weighted by Gasteiger charge is -2.04. The van der Waals surface area contributed by atoms with Crippen LogP contribution >= 0.6 is 0 Å². The van der Waals surface area contributed by atoms with Crippen molar-refractivity contribution in [3.05, 3.63) is 67.0 Å². The van der Waals surface area contributed by atoms with E-state index in [0.29, 0.717) is 5.71 Å². The molecule has 0 saturated carbocycles. The monoisotopic (exact) mass is 317 g/mol. The summed E-state index contributed by atoms with van der Waals surface area (Å²) in [5.41, 5.74) is 2.47. The SMILES string of the molecule is COc1ccc(-c2cc3c(Nc4ccccc4)ncnc3o2)cc1. The summed E-state index contributed by atoms with van der Waals surface area (Å²) in [6.07, 6.45) is 1.49. The van der Waals surface area contributed by atoms with Crippen LogP contribution in [0.15, 0.2) is 71.4 Å². The summed E-state index contributed by atoms with van der Waals surface area (Å²) in [6, 6.07) is 19.5. The molecule has 2 aromatic carbocycles. The molecule has 5 nitrogen and oxygen atoms in total. The van der Waals surface area contributed by atoms with Gasteiger partial charge >= 0.3 is 0 Å². The molecule has 4 aromatic rings. The Hall–Kier alpha value is -3.34. The van der Waals surface area contributed by atoms with E-state index in [1.54, 1.807) is 7.11 Å². The lowest BCUT2D eigenvalue weighted by molar-refractivity contribution is 0.415. The highest BCUT2D eigenvalue weighted by Crippen LogP contribution is 2.31. The first-order valence-corrected chi connectivity index (χ1v) is 7.54. The van der Waals surface area contributed by atoms with E-state index >= 15 is 0 Å². The highest BCUT2D eigenvalue weighted by Gasteiger charge is 2.12. The van der Waals surface area contributed by atoms with Gasteiger partial charge in [-0.05, 0) is 42.5 Å². The Morgan fingerprint density at radius 1 is 0.958 bits per heavy atom. The molecular formula is C19H15N3O2. The second-order valence-corrected chi connectivity index (χ2v) is 5.27. The Morgan fingerprint density at radius 3 is 2.50 bits per heavy atom. The van der Waals surface area contributed by atoms with Crippen molar-refractivity contribution in [1.29, 1.82) is 0 Å². The number of hydrogen-bond donors (Lipinski definition) is 1. The fourth-order valence-electron chi connectivity index (χ4n) is 2.51. The molecule has 0 aliphatic rings. The molecule has 4 rings (SSSR count). The van der Waals surface area contributed by atoms with Gasteiger partial charge in [-0.25, -0.2) is 9.97 Å². The number of ether oxygens (including phenoxy) is 1. The van der Waals surface area contributed by atoms with E-state index < -0.39 is 0 Å². The average molecular weight is 317 g/mol. The summed E-state index contributed by atoms with van der Waals surface area (Å²) in [6.45, 7) is 0. The van der Waals surface area contributed by atoms with E-state index in [-0.39, 0.29) is 0 Å². The van der Waals surface area contributed by atoms with Crippen molar-refractivity contribution in [2.75, 3.05) is 12.4 Å². The summed E-state index contributed by atoms with van der Waals surface area (Å²) in [5, 5.41) is 4.14. The molecule has 118 valence electrons. The molecule has 0 aliphatic carbocycles. The predicted octanol–water partition coefficient (Wildman–Crippen LogP) is 4.64. The van der Waals surface area contributed by atoms with Crippen LogP contribution < -0.4 is 10.1 Å². The highest BCUT2D eigenvalue weighted by atomic mass is 16.5. The normalized spacial score (nSPS) is 10.7. The van der Waals surface area contributed by atoms with Gasteiger partial charge in [0.15, 0.2) is 0 Å².